The Morgan fingerprint density at radius 1 is 1.19 bits per heavy atom. The number of ether oxygens (including phenoxy) is 1. The van der Waals surface area contributed by atoms with Crippen molar-refractivity contribution in [2.45, 2.75) is 40.5 Å². The van der Waals surface area contributed by atoms with Crippen LogP contribution >= 0.6 is 0 Å². The van der Waals surface area contributed by atoms with Gasteiger partial charge in [0.25, 0.3) is 0 Å². The summed E-state index contributed by atoms with van der Waals surface area (Å²) in [6, 6.07) is 16.7. The predicted octanol–water partition coefficient (Wildman–Crippen LogP) is 6.53. The van der Waals surface area contributed by atoms with Crippen molar-refractivity contribution >= 4 is 11.6 Å². The lowest BCUT2D eigenvalue weighted by molar-refractivity contribution is 0.338. The van der Waals surface area contributed by atoms with Crippen LogP contribution < -0.4 is 4.74 Å². The maximum Gasteiger partial charge on any atom is 0.122 e. The van der Waals surface area contributed by atoms with E-state index in [-0.39, 0.29) is 0 Å². The van der Waals surface area contributed by atoms with Gasteiger partial charge in [0, 0.05) is 0 Å². The topological polar surface area (TPSA) is 33.0 Å². The van der Waals surface area contributed by atoms with Crippen molar-refractivity contribution in [3.05, 3.63) is 76.4 Å². The summed E-state index contributed by atoms with van der Waals surface area (Å²) in [6.45, 7) is 11.0. The average Bonchev–Trinajstić information content (AvgIpc) is 2.64. The van der Waals surface area contributed by atoms with Crippen molar-refractivity contribution in [3.63, 3.8) is 0 Å². The highest BCUT2D eigenvalue weighted by atomic mass is 16.5. The molecule has 0 spiro atoms. The Bertz CT molecular complexity index is 866. The second-order valence-corrected chi connectivity index (χ2v) is 6.57. The van der Waals surface area contributed by atoms with E-state index in [1.165, 1.54) is 5.56 Å². The van der Waals surface area contributed by atoms with Gasteiger partial charge in [-0.3, -0.25) is 0 Å². The molecule has 0 radical (unpaired) electrons. The van der Waals surface area contributed by atoms with Crippen LogP contribution in [-0.4, -0.2) is 6.61 Å². The molecule has 26 heavy (non-hydrogen) atoms. The molecule has 0 aromatic heterocycles. The first-order valence-electron chi connectivity index (χ1n) is 9.13. The molecular formula is C24H27NO. The molecule has 0 aliphatic carbocycles. The molecule has 2 nitrogen and oxygen atoms in total. The summed E-state index contributed by atoms with van der Waals surface area (Å²) < 4.78 is 5.69. The van der Waals surface area contributed by atoms with Crippen LogP contribution in [0.4, 0.5) is 0 Å². The van der Waals surface area contributed by atoms with Crippen LogP contribution in [0.5, 0.6) is 5.75 Å². The zero-order valence-electron chi connectivity index (χ0n) is 16.3. The van der Waals surface area contributed by atoms with Crippen LogP contribution in [0, 0.1) is 18.3 Å². The van der Waals surface area contributed by atoms with Crippen LogP contribution in [0.2, 0.25) is 0 Å². The first kappa shape index (κ1) is 19.5. The lowest BCUT2D eigenvalue weighted by Crippen LogP contribution is -1.98. The second-order valence-electron chi connectivity index (χ2n) is 6.57. The number of aryl methyl sites for hydroxylation is 1. The fraction of sp³-hybridized carbons (Fsp3) is 0.292. The molecule has 0 saturated carbocycles. The van der Waals surface area contributed by atoms with Crippen LogP contribution in [0.1, 0.15) is 55.9 Å². The smallest absolute Gasteiger partial charge is 0.122 e. The molecule has 0 aliphatic heterocycles. The third kappa shape index (κ3) is 4.43. The summed E-state index contributed by atoms with van der Waals surface area (Å²) >= 11 is 0. The fourth-order valence-electron chi connectivity index (χ4n) is 3.06. The summed E-state index contributed by atoms with van der Waals surface area (Å²) in [5, 5.41) is 9.82. The van der Waals surface area contributed by atoms with Crippen molar-refractivity contribution in [2.75, 3.05) is 6.61 Å². The molecule has 0 atom stereocenters. The minimum atomic E-state index is 0.394. The van der Waals surface area contributed by atoms with Gasteiger partial charge in [-0.25, -0.2) is 0 Å². The molecule has 2 rings (SSSR count). The molecule has 0 amide bonds. The number of hydrogen-bond donors (Lipinski definition) is 0. The number of hydrogen-bond acceptors (Lipinski definition) is 2. The molecule has 0 heterocycles. The van der Waals surface area contributed by atoms with Crippen LogP contribution in [0.3, 0.4) is 0 Å². The van der Waals surface area contributed by atoms with Gasteiger partial charge in [-0.1, -0.05) is 56.3 Å². The van der Waals surface area contributed by atoms with E-state index >= 15 is 0 Å². The molecule has 0 saturated heterocycles. The Labute approximate surface area is 157 Å². The summed E-state index contributed by atoms with van der Waals surface area (Å²) in [5.74, 6) is 1.26. The first-order chi connectivity index (χ1) is 12.5. The maximum atomic E-state index is 9.82. The van der Waals surface area contributed by atoms with Gasteiger partial charge in [-0.15, -0.1) is 0 Å². The monoisotopic (exact) mass is 345 g/mol. The summed E-state index contributed by atoms with van der Waals surface area (Å²) in [6.07, 6.45) is 3.96. The van der Waals surface area contributed by atoms with E-state index in [4.69, 9.17) is 4.74 Å². The van der Waals surface area contributed by atoms with Gasteiger partial charge in [0.1, 0.15) is 5.75 Å². The van der Waals surface area contributed by atoms with E-state index in [9.17, 15) is 5.26 Å². The van der Waals surface area contributed by atoms with Gasteiger partial charge in [0.15, 0.2) is 0 Å². The van der Waals surface area contributed by atoms with Crippen molar-refractivity contribution in [2.24, 2.45) is 0 Å². The van der Waals surface area contributed by atoms with E-state index in [0.29, 0.717) is 18.1 Å². The molecule has 0 bridgehead atoms. The molecule has 2 aromatic carbocycles. The van der Waals surface area contributed by atoms with Crippen LogP contribution in [0.25, 0.3) is 11.6 Å². The molecule has 2 heteroatoms. The summed E-state index contributed by atoms with van der Waals surface area (Å²) in [5.41, 5.74) is 6.06. The second kappa shape index (κ2) is 9.06. The molecule has 0 fully saturated rings. The molecule has 0 unspecified atom stereocenters. The highest BCUT2D eigenvalue weighted by Gasteiger charge is 2.13. The first-order valence-corrected chi connectivity index (χ1v) is 9.13. The fourth-order valence-corrected chi connectivity index (χ4v) is 3.06. The Morgan fingerprint density at radius 2 is 1.92 bits per heavy atom. The Kier molecular flexibility index (Phi) is 6.81. The number of allylic oxidation sites excluding steroid dienone is 3. The number of nitriles is 1. The summed E-state index contributed by atoms with van der Waals surface area (Å²) in [7, 11) is 0. The number of nitrogens with zero attached hydrogens (tertiary/aromatic N) is 1. The SMILES string of the molecule is C/C=C(/C(C#N)=C/c1ccc(C)c(OCC)c1)c1ccccc1C(C)C. The van der Waals surface area contributed by atoms with E-state index in [1.54, 1.807) is 0 Å². The number of benzene rings is 2. The standard InChI is InChI=1S/C24H27NO/c1-6-21(23-11-9-8-10-22(23)17(3)4)20(16-25)14-19-13-12-18(5)24(15-19)26-7-2/h6,8-15,17H,7H2,1-5H3/b20-14+,21-6-. The third-order valence-corrected chi connectivity index (χ3v) is 4.40. The van der Waals surface area contributed by atoms with Gasteiger partial charge in [-0.2, -0.15) is 5.26 Å². The van der Waals surface area contributed by atoms with E-state index in [1.807, 2.05) is 57.2 Å². The van der Waals surface area contributed by atoms with Gasteiger partial charge in [0.05, 0.1) is 18.2 Å². The largest absolute Gasteiger partial charge is 0.494 e. The molecule has 134 valence electrons. The Balaban J connectivity index is 2.52. The van der Waals surface area contributed by atoms with Crippen molar-refractivity contribution in [1.82, 2.24) is 0 Å². The molecular weight excluding hydrogens is 318 g/mol. The predicted molar refractivity (Wildman–Crippen MR) is 110 cm³/mol. The van der Waals surface area contributed by atoms with Crippen molar-refractivity contribution in [3.8, 4) is 11.8 Å². The third-order valence-electron chi connectivity index (χ3n) is 4.40. The lowest BCUT2D eigenvalue weighted by atomic mass is 9.88. The highest BCUT2D eigenvalue weighted by Crippen LogP contribution is 2.31. The van der Waals surface area contributed by atoms with Crippen molar-refractivity contribution in [1.29, 1.82) is 5.26 Å². The minimum Gasteiger partial charge on any atom is -0.494 e. The van der Waals surface area contributed by atoms with Gasteiger partial charge in [0.2, 0.25) is 0 Å². The Hall–Kier alpha value is -2.79. The maximum absolute atomic E-state index is 9.82. The van der Waals surface area contributed by atoms with Gasteiger partial charge >= 0.3 is 0 Å². The molecule has 0 aliphatic rings. The van der Waals surface area contributed by atoms with Gasteiger partial charge < -0.3 is 4.74 Å². The van der Waals surface area contributed by atoms with Crippen LogP contribution in [-0.2, 0) is 0 Å². The van der Waals surface area contributed by atoms with Gasteiger partial charge in [-0.05, 0) is 66.7 Å². The van der Waals surface area contributed by atoms with Crippen molar-refractivity contribution < 1.29 is 4.74 Å². The average molecular weight is 345 g/mol. The number of rotatable bonds is 6. The zero-order chi connectivity index (χ0) is 19.1. The molecule has 0 N–H and O–H groups in total. The quantitative estimate of drug-likeness (QED) is 0.440. The normalized spacial score (nSPS) is 12.2. The van der Waals surface area contributed by atoms with E-state index in [2.05, 4.69) is 38.1 Å². The Morgan fingerprint density at radius 3 is 2.54 bits per heavy atom. The van der Waals surface area contributed by atoms with Crippen LogP contribution in [0.15, 0.2) is 54.1 Å². The minimum absolute atomic E-state index is 0.394. The van der Waals surface area contributed by atoms with E-state index < -0.39 is 0 Å². The molecule has 2 aromatic rings. The summed E-state index contributed by atoms with van der Waals surface area (Å²) in [4.78, 5) is 0. The highest BCUT2D eigenvalue weighted by molar-refractivity contribution is 5.89. The van der Waals surface area contributed by atoms with E-state index in [0.717, 1.165) is 28.0 Å². The lowest BCUT2D eigenvalue weighted by Gasteiger charge is -2.15. The zero-order valence-corrected chi connectivity index (χ0v) is 16.3.